The fourth-order valence-corrected chi connectivity index (χ4v) is 4.80. The van der Waals surface area contributed by atoms with Gasteiger partial charge in [-0.2, -0.15) is 0 Å². The van der Waals surface area contributed by atoms with Crippen molar-refractivity contribution in [3.05, 3.63) is 71.3 Å². The maximum absolute atomic E-state index is 13.1. The molecule has 0 spiro atoms. The predicted octanol–water partition coefficient (Wildman–Crippen LogP) is 1.69. The van der Waals surface area contributed by atoms with E-state index < -0.39 is 6.04 Å². The second kappa shape index (κ2) is 7.16. The van der Waals surface area contributed by atoms with Gasteiger partial charge >= 0.3 is 0 Å². The van der Waals surface area contributed by atoms with Gasteiger partial charge in [-0.05, 0) is 29.0 Å². The molecule has 2 aliphatic carbocycles. The van der Waals surface area contributed by atoms with Gasteiger partial charge in [0.2, 0.25) is 11.8 Å². The molecule has 0 saturated heterocycles. The average molecular weight is 363 g/mol. The van der Waals surface area contributed by atoms with Crippen LogP contribution in [-0.4, -0.2) is 30.9 Å². The molecule has 5 nitrogen and oxygen atoms in total. The van der Waals surface area contributed by atoms with E-state index in [1.54, 1.807) is 7.05 Å². The summed E-state index contributed by atoms with van der Waals surface area (Å²) in [4.78, 5) is 25.5. The fourth-order valence-electron chi connectivity index (χ4n) is 4.80. The van der Waals surface area contributed by atoms with Crippen molar-refractivity contribution < 1.29 is 9.59 Å². The minimum absolute atomic E-state index is 0.117. The summed E-state index contributed by atoms with van der Waals surface area (Å²) >= 11 is 0. The van der Waals surface area contributed by atoms with Crippen molar-refractivity contribution in [1.82, 2.24) is 10.6 Å². The zero-order chi connectivity index (χ0) is 19.0. The van der Waals surface area contributed by atoms with Crippen molar-refractivity contribution in [1.29, 1.82) is 0 Å². The number of carbonyl (C=O) groups is 2. The number of hydrogen-bond donors (Lipinski definition) is 3. The first-order valence-corrected chi connectivity index (χ1v) is 9.50. The first-order chi connectivity index (χ1) is 13.1. The average Bonchev–Trinajstić information content (AvgIpc) is 3.23. The van der Waals surface area contributed by atoms with E-state index in [9.17, 15) is 9.59 Å². The maximum atomic E-state index is 13.1. The van der Waals surface area contributed by atoms with Gasteiger partial charge in [-0.15, -0.1) is 0 Å². The molecule has 2 aromatic rings. The van der Waals surface area contributed by atoms with Gasteiger partial charge in [0, 0.05) is 25.4 Å². The minimum atomic E-state index is -0.605. The Morgan fingerprint density at radius 3 is 2.33 bits per heavy atom. The summed E-state index contributed by atoms with van der Waals surface area (Å²) in [6, 6.07) is 17.2. The molecular formula is C22H25N3O2. The lowest BCUT2D eigenvalue weighted by Crippen LogP contribution is -2.52. The van der Waals surface area contributed by atoms with Gasteiger partial charge in [0.25, 0.3) is 0 Å². The van der Waals surface area contributed by atoms with Crippen LogP contribution in [0.15, 0.2) is 54.6 Å². The van der Waals surface area contributed by atoms with E-state index in [1.165, 1.54) is 11.1 Å². The second-order valence-electron chi connectivity index (χ2n) is 7.55. The molecule has 5 atom stereocenters. The zero-order valence-corrected chi connectivity index (χ0v) is 15.4. The lowest BCUT2D eigenvalue weighted by Gasteiger charge is -2.30. The summed E-state index contributed by atoms with van der Waals surface area (Å²) in [5, 5.41) is 5.63. The van der Waals surface area contributed by atoms with Crippen LogP contribution in [0.4, 0.5) is 0 Å². The van der Waals surface area contributed by atoms with Crippen molar-refractivity contribution >= 4 is 11.8 Å². The Bertz CT molecular complexity index is 852. The molecule has 2 aromatic carbocycles. The monoisotopic (exact) mass is 363 g/mol. The molecule has 2 aliphatic rings. The Hall–Kier alpha value is -2.66. The summed E-state index contributed by atoms with van der Waals surface area (Å²) in [6.07, 6.45) is 1.38. The Kier molecular flexibility index (Phi) is 4.70. The van der Waals surface area contributed by atoms with Crippen LogP contribution in [0.25, 0.3) is 0 Å². The molecule has 1 fully saturated rings. The summed E-state index contributed by atoms with van der Waals surface area (Å²) < 4.78 is 0. The van der Waals surface area contributed by atoms with Crippen LogP contribution in [0.2, 0.25) is 0 Å². The Balaban J connectivity index is 1.53. The van der Waals surface area contributed by atoms with Gasteiger partial charge in [-0.25, -0.2) is 0 Å². The van der Waals surface area contributed by atoms with Gasteiger partial charge in [0.15, 0.2) is 0 Å². The number of benzene rings is 2. The molecule has 4 rings (SSSR count). The Morgan fingerprint density at radius 1 is 1.04 bits per heavy atom. The molecular weight excluding hydrogens is 338 g/mol. The van der Waals surface area contributed by atoms with Crippen molar-refractivity contribution in [3.63, 3.8) is 0 Å². The number of rotatable bonds is 5. The van der Waals surface area contributed by atoms with Crippen LogP contribution in [0, 0.1) is 5.92 Å². The molecule has 0 aromatic heterocycles. The number of amides is 2. The highest BCUT2D eigenvalue weighted by Crippen LogP contribution is 2.55. The first kappa shape index (κ1) is 17.7. The molecule has 0 radical (unpaired) electrons. The predicted molar refractivity (Wildman–Crippen MR) is 104 cm³/mol. The Morgan fingerprint density at radius 2 is 1.67 bits per heavy atom. The highest BCUT2D eigenvalue weighted by atomic mass is 16.2. The van der Waals surface area contributed by atoms with E-state index in [1.807, 2.05) is 42.5 Å². The highest BCUT2D eigenvalue weighted by Gasteiger charge is 2.52. The topological polar surface area (TPSA) is 84.2 Å². The van der Waals surface area contributed by atoms with E-state index in [2.05, 4.69) is 22.8 Å². The van der Waals surface area contributed by atoms with Crippen LogP contribution in [0.1, 0.15) is 34.9 Å². The van der Waals surface area contributed by atoms with Crippen molar-refractivity contribution in [2.45, 2.75) is 36.8 Å². The quantitative estimate of drug-likeness (QED) is 0.756. The molecule has 27 heavy (non-hydrogen) atoms. The molecule has 2 amide bonds. The molecule has 5 heteroatoms. The van der Waals surface area contributed by atoms with Crippen LogP contribution in [-0.2, 0) is 16.0 Å². The zero-order valence-electron chi connectivity index (χ0n) is 15.4. The molecule has 0 heterocycles. The smallest absolute Gasteiger partial charge is 0.242 e. The van der Waals surface area contributed by atoms with Crippen LogP contribution in [0.5, 0.6) is 0 Å². The second-order valence-corrected chi connectivity index (χ2v) is 7.55. The van der Waals surface area contributed by atoms with E-state index in [0.717, 1.165) is 12.0 Å². The molecule has 1 saturated carbocycles. The molecule has 2 bridgehead atoms. The van der Waals surface area contributed by atoms with Crippen LogP contribution >= 0.6 is 0 Å². The molecule has 140 valence electrons. The standard InChI is InChI=1S/C22H25N3O2/c1-24-21(26)18(11-13-7-3-2-4-8-13)25-22(27)19-16-12-17(20(19)23)15-10-6-5-9-14(15)16/h2-10,16-20H,11-12,23H2,1H3,(H,24,26)(H,25,27)/t16-,17+,18-,19+,20-/m1/s1. The first-order valence-electron chi connectivity index (χ1n) is 9.50. The number of carbonyl (C=O) groups excluding carboxylic acids is 2. The lowest BCUT2D eigenvalue weighted by atomic mass is 9.80. The van der Waals surface area contributed by atoms with Crippen molar-refractivity contribution in [2.24, 2.45) is 11.7 Å². The van der Waals surface area contributed by atoms with Gasteiger partial charge < -0.3 is 16.4 Å². The largest absolute Gasteiger partial charge is 0.357 e. The maximum Gasteiger partial charge on any atom is 0.242 e. The number of likely N-dealkylation sites (N-methyl/N-ethyl adjacent to an activating group) is 1. The van der Waals surface area contributed by atoms with Gasteiger partial charge in [-0.3, -0.25) is 9.59 Å². The normalized spacial score (nSPS) is 26.3. The third kappa shape index (κ3) is 3.12. The minimum Gasteiger partial charge on any atom is -0.357 e. The van der Waals surface area contributed by atoms with E-state index in [4.69, 9.17) is 5.73 Å². The van der Waals surface area contributed by atoms with Crippen LogP contribution < -0.4 is 16.4 Å². The summed E-state index contributed by atoms with van der Waals surface area (Å²) in [5.41, 5.74) is 9.99. The number of nitrogens with two attached hydrogens (primary N) is 1. The Labute approximate surface area is 159 Å². The summed E-state index contributed by atoms with van der Waals surface area (Å²) in [7, 11) is 1.59. The third-order valence-electron chi connectivity index (χ3n) is 6.08. The van der Waals surface area contributed by atoms with Gasteiger partial charge in [-0.1, -0.05) is 54.6 Å². The molecule has 0 aliphatic heterocycles. The van der Waals surface area contributed by atoms with Gasteiger partial charge in [0.05, 0.1) is 5.92 Å². The van der Waals surface area contributed by atoms with Gasteiger partial charge in [0.1, 0.15) is 6.04 Å². The third-order valence-corrected chi connectivity index (χ3v) is 6.08. The lowest BCUT2D eigenvalue weighted by molar-refractivity contribution is -0.131. The van der Waals surface area contributed by atoms with E-state index in [0.29, 0.717) is 6.42 Å². The van der Waals surface area contributed by atoms with Crippen LogP contribution in [0.3, 0.4) is 0 Å². The van der Waals surface area contributed by atoms with E-state index in [-0.39, 0.29) is 35.6 Å². The molecule has 0 unspecified atom stereocenters. The van der Waals surface area contributed by atoms with E-state index >= 15 is 0 Å². The van der Waals surface area contributed by atoms with Crippen molar-refractivity contribution in [2.75, 3.05) is 7.05 Å². The van der Waals surface area contributed by atoms with Crippen molar-refractivity contribution in [3.8, 4) is 0 Å². The molecule has 4 N–H and O–H groups in total. The number of nitrogens with one attached hydrogen (secondary N) is 2. The fraction of sp³-hybridized carbons (Fsp3) is 0.364. The number of hydrogen-bond acceptors (Lipinski definition) is 3. The summed E-state index contributed by atoms with van der Waals surface area (Å²) in [6.45, 7) is 0. The summed E-state index contributed by atoms with van der Waals surface area (Å²) in [5.74, 6) is -0.219. The highest BCUT2D eigenvalue weighted by molar-refractivity contribution is 5.90. The number of fused-ring (bicyclic) bond motifs is 5. The SMILES string of the molecule is CNC(=O)[C@@H](Cc1ccccc1)NC(=O)[C@@H]1[C@H](N)[C@H]2C[C@@H]1c1ccccc12.